The zero-order valence-electron chi connectivity index (χ0n) is 11.2. The van der Waals surface area contributed by atoms with Crippen LogP contribution in [0.4, 0.5) is 0 Å². The number of benzene rings is 1. The highest BCUT2D eigenvalue weighted by atomic mass is 31.2. The van der Waals surface area contributed by atoms with Crippen LogP contribution >= 0.6 is 7.14 Å². The van der Waals surface area contributed by atoms with Gasteiger partial charge in [-0.3, -0.25) is 0 Å². The molecule has 1 aromatic carbocycles. The minimum absolute atomic E-state index is 0.395. The molecule has 5 atom stereocenters. The van der Waals surface area contributed by atoms with Crippen molar-refractivity contribution >= 4 is 12.4 Å². The monoisotopic (exact) mass is 260 g/mol. The summed E-state index contributed by atoms with van der Waals surface area (Å²) in [6.07, 6.45) is 1.99. The molecule has 2 aliphatic rings. The van der Waals surface area contributed by atoms with Gasteiger partial charge < -0.3 is 4.57 Å². The average molecular weight is 260 g/mol. The fourth-order valence-electron chi connectivity index (χ4n) is 4.14. The highest BCUT2D eigenvalue weighted by Gasteiger charge is 2.57. The molecule has 18 heavy (non-hydrogen) atoms. The molecule has 3 rings (SSSR count). The minimum atomic E-state index is -2.16. The average Bonchev–Trinajstić information content (AvgIpc) is 2.81. The summed E-state index contributed by atoms with van der Waals surface area (Å²) in [5, 5.41) is 1.10. The van der Waals surface area contributed by atoms with Crippen LogP contribution in [0.2, 0.25) is 0 Å². The first kappa shape index (κ1) is 12.2. The van der Waals surface area contributed by atoms with Crippen LogP contribution in [0.5, 0.6) is 0 Å². The van der Waals surface area contributed by atoms with Crippen LogP contribution in [0, 0.1) is 17.8 Å². The molecule has 1 aliphatic carbocycles. The molecule has 1 saturated heterocycles. The van der Waals surface area contributed by atoms with Gasteiger partial charge in [0.05, 0.1) is 0 Å². The van der Waals surface area contributed by atoms with Crippen molar-refractivity contribution in [2.45, 2.75) is 25.9 Å². The number of fused-ring (bicyclic) bond motifs is 2. The lowest BCUT2D eigenvalue weighted by atomic mass is 9.88. The highest BCUT2D eigenvalue weighted by Crippen LogP contribution is 2.69. The summed E-state index contributed by atoms with van der Waals surface area (Å²) in [6.45, 7) is 8.54. The molecule has 1 aliphatic heterocycles. The Bertz CT molecular complexity index is 519. The molecule has 0 amide bonds. The highest BCUT2D eigenvalue weighted by molar-refractivity contribution is 7.72. The summed E-state index contributed by atoms with van der Waals surface area (Å²) in [5.41, 5.74) is 1.68. The van der Waals surface area contributed by atoms with Gasteiger partial charge in [0.1, 0.15) is 7.14 Å². The third-order valence-corrected chi connectivity index (χ3v) is 9.03. The first-order valence-electron chi connectivity index (χ1n) is 6.84. The molecule has 96 valence electrons. The molecule has 0 aromatic heterocycles. The van der Waals surface area contributed by atoms with Crippen molar-refractivity contribution in [3.63, 3.8) is 0 Å². The molecular weight excluding hydrogens is 239 g/mol. The fourth-order valence-corrected chi connectivity index (χ4v) is 8.44. The maximum atomic E-state index is 13.4. The molecule has 0 N–H and O–H groups in total. The predicted molar refractivity (Wildman–Crippen MR) is 77.9 cm³/mol. The largest absolute Gasteiger partial charge is 0.318 e. The SMILES string of the molecule is C=C(C)[C@H]1CC2C(C)[C@H]1C[P@]2(=O)c1ccccc1. The van der Waals surface area contributed by atoms with Crippen LogP contribution in [0.25, 0.3) is 0 Å². The Labute approximate surface area is 110 Å². The van der Waals surface area contributed by atoms with Crippen LogP contribution in [-0.4, -0.2) is 11.8 Å². The lowest BCUT2D eigenvalue weighted by molar-refractivity contribution is 0.413. The van der Waals surface area contributed by atoms with E-state index in [2.05, 4.69) is 32.6 Å². The van der Waals surface area contributed by atoms with Gasteiger partial charge >= 0.3 is 0 Å². The second kappa shape index (κ2) is 4.10. The molecule has 0 spiro atoms. The van der Waals surface area contributed by atoms with E-state index in [1.54, 1.807) is 0 Å². The normalized spacial score (nSPS) is 42.1. The number of rotatable bonds is 2. The van der Waals surface area contributed by atoms with Crippen molar-refractivity contribution in [1.29, 1.82) is 0 Å². The van der Waals surface area contributed by atoms with Crippen LogP contribution in [0.15, 0.2) is 42.5 Å². The maximum absolute atomic E-state index is 13.4. The van der Waals surface area contributed by atoms with E-state index in [4.69, 9.17) is 0 Å². The van der Waals surface area contributed by atoms with E-state index in [9.17, 15) is 4.57 Å². The smallest absolute Gasteiger partial charge is 0.119 e. The fraction of sp³-hybridized carbons (Fsp3) is 0.500. The Morgan fingerprint density at radius 2 is 2.00 bits per heavy atom. The summed E-state index contributed by atoms with van der Waals surface area (Å²) in [5.74, 6) is 1.80. The van der Waals surface area contributed by atoms with Gasteiger partial charge in [-0.1, -0.05) is 49.4 Å². The Morgan fingerprint density at radius 1 is 1.33 bits per heavy atom. The van der Waals surface area contributed by atoms with Gasteiger partial charge in [-0.25, -0.2) is 0 Å². The Hall–Kier alpha value is -0.810. The van der Waals surface area contributed by atoms with Crippen molar-refractivity contribution < 1.29 is 4.57 Å². The van der Waals surface area contributed by atoms with Crippen LogP contribution in [0.3, 0.4) is 0 Å². The van der Waals surface area contributed by atoms with Gasteiger partial charge in [-0.15, -0.1) is 0 Å². The Morgan fingerprint density at radius 3 is 2.50 bits per heavy atom. The van der Waals surface area contributed by atoms with E-state index < -0.39 is 7.14 Å². The molecule has 1 heterocycles. The zero-order valence-corrected chi connectivity index (χ0v) is 12.1. The zero-order chi connectivity index (χ0) is 12.9. The van der Waals surface area contributed by atoms with Gasteiger partial charge in [-0.05, 0) is 31.1 Å². The van der Waals surface area contributed by atoms with E-state index in [0.29, 0.717) is 23.4 Å². The quantitative estimate of drug-likeness (QED) is 0.582. The van der Waals surface area contributed by atoms with Crippen LogP contribution < -0.4 is 5.30 Å². The number of allylic oxidation sites excluding steroid dienone is 1. The van der Waals surface area contributed by atoms with Crippen molar-refractivity contribution in [1.82, 2.24) is 0 Å². The van der Waals surface area contributed by atoms with Gasteiger partial charge in [0.2, 0.25) is 0 Å². The third-order valence-electron chi connectivity index (χ3n) is 5.14. The number of hydrogen-bond acceptors (Lipinski definition) is 1. The first-order chi connectivity index (χ1) is 8.54. The molecule has 2 fully saturated rings. The first-order valence-corrected chi connectivity index (χ1v) is 8.80. The van der Waals surface area contributed by atoms with Crippen LogP contribution in [-0.2, 0) is 4.57 Å². The maximum Gasteiger partial charge on any atom is 0.119 e. The second-order valence-corrected chi connectivity index (χ2v) is 9.23. The molecule has 2 unspecified atom stereocenters. The van der Waals surface area contributed by atoms with E-state index >= 15 is 0 Å². The summed E-state index contributed by atoms with van der Waals surface area (Å²) >= 11 is 0. The lowest BCUT2D eigenvalue weighted by Gasteiger charge is -2.29. The molecule has 1 aromatic rings. The van der Waals surface area contributed by atoms with Gasteiger partial charge in [0.25, 0.3) is 0 Å². The molecule has 1 saturated carbocycles. The van der Waals surface area contributed by atoms with Gasteiger partial charge in [0.15, 0.2) is 0 Å². The summed E-state index contributed by atoms with van der Waals surface area (Å²) in [7, 11) is -2.16. The molecule has 0 radical (unpaired) electrons. The van der Waals surface area contributed by atoms with Crippen molar-refractivity contribution in [3.8, 4) is 0 Å². The molecule has 2 bridgehead atoms. The predicted octanol–water partition coefficient (Wildman–Crippen LogP) is 3.91. The topological polar surface area (TPSA) is 17.1 Å². The Balaban J connectivity index is 1.97. The summed E-state index contributed by atoms with van der Waals surface area (Å²) in [6, 6.07) is 10.2. The number of hydrogen-bond donors (Lipinski definition) is 0. The van der Waals surface area contributed by atoms with Crippen molar-refractivity contribution in [2.75, 3.05) is 6.16 Å². The minimum Gasteiger partial charge on any atom is -0.318 e. The molecule has 2 heteroatoms. The lowest BCUT2D eigenvalue weighted by Crippen LogP contribution is -2.22. The second-order valence-electron chi connectivity index (χ2n) is 6.09. The van der Waals surface area contributed by atoms with Crippen LogP contribution in [0.1, 0.15) is 20.3 Å². The van der Waals surface area contributed by atoms with E-state index in [-0.39, 0.29) is 0 Å². The van der Waals surface area contributed by atoms with Gasteiger partial charge in [0, 0.05) is 17.1 Å². The van der Waals surface area contributed by atoms with E-state index in [1.165, 1.54) is 5.57 Å². The summed E-state index contributed by atoms with van der Waals surface area (Å²) in [4.78, 5) is 0. The Kier molecular flexibility index (Phi) is 2.79. The third kappa shape index (κ3) is 1.57. The molecular formula is C16H21OP. The van der Waals surface area contributed by atoms with Gasteiger partial charge in [-0.2, -0.15) is 0 Å². The summed E-state index contributed by atoms with van der Waals surface area (Å²) < 4.78 is 13.4. The van der Waals surface area contributed by atoms with E-state index in [0.717, 1.165) is 17.9 Å². The standard InChI is InChI=1S/C16H21OP/c1-11(2)14-9-16-12(3)15(14)10-18(16,17)13-7-5-4-6-8-13/h4-8,12,14-16H,1,9-10H2,2-3H3/t12?,14-,15-,16?,18+/m1/s1. The molecule has 1 nitrogen and oxygen atoms in total. The van der Waals surface area contributed by atoms with Crippen molar-refractivity contribution in [3.05, 3.63) is 42.5 Å². The van der Waals surface area contributed by atoms with Crippen molar-refractivity contribution in [2.24, 2.45) is 17.8 Å². The van der Waals surface area contributed by atoms with E-state index in [1.807, 2.05) is 18.2 Å².